The molecule has 1 aliphatic heterocycles. The van der Waals surface area contributed by atoms with E-state index >= 15 is 0 Å². The smallest absolute Gasteiger partial charge is 0.275 e. The van der Waals surface area contributed by atoms with E-state index in [0.717, 1.165) is 12.8 Å². The van der Waals surface area contributed by atoms with Crippen molar-refractivity contribution in [2.75, 3.05) is 13.2 Å². The molecule has 120 valence electrons. The van der Waals surface area contributed by atoms with Crippen molar-refractivity contribution in [3.63, 3.8) is 0 Å². The first kappa shape index (κ1) is 14.5. The van der Waals surface area contributed by atoms with Crippen LogP contribution in [0.2, 0.25) is 0 Å². The van der Waals surface area contributed by atoms with E-state index in [-0.39, 0.29) is 24.2 Å². The number of ether oxygens (including phenoxy) is 2. The van der Waals surface area contributed by atoms with Crippen molar-refractivity contribution in [1.82, 2.24) is 19.5 Å². The summed E-state index contributed by atoms with van der Waals surface area (Å²) in [4.78, 5) is 18.6. The van der Waals surface area contributed by atoms with Gasteiger partial charge >= 0.3 is 0 Å². The number of hydrogen-bond donors (Lipinski definition) is 0. The standard InChI is InChI=1S/C15H16N4O3S/c20-15(10-9-23-18-17-10)19-7-8-21-14-11(19)4-5-12(14)22-13-3-1-2-6-16-13/h1-3,6,9,11-12,14H,4-5,7-8H2/t11-,12-,14+/m0/s1. The van der Waals surface area contributed by atoms with Gasteiger partial charge in [-0.25, -0.2) is 4.98 Å². The van der Waals surface area contributed by atoms with Crippen molar-refractivity contribution >= 4 is 17.4 Å². The van der Waals surface area contributed by atoms with Crippen LogP contribution in [0.3, 0.4) is 0 Å². The van der Waals surface area contributed by atoms with Gasteiger partial charge in [0.15, 0.2) is 5.69 Å². The first-order chi connectivity index (χ1) is 11.3. The van der Waals surface area contributed by atoms with Gasteiger partial charge < -0.3 is 14.4 Å². The lowest BCUT2D eigenvalue weighted by molar-refractivity contribution is -0.0794. The molecule has 1 saturated heterocycles. The van der Waals surface area contributed by atoms with Crippen LogP contribution in [0, 0.1) is 0 Å². The molecule has 7 nitrogen and oxygen atoms in total. The number of hydrogen-bond acceptors (Lipinski definition) is 7. The first-order valence-corrected chi connectivity index (χ1v) is 8.44. The first-order valence-electron chi connectivity index (χ1n) is 7.60. The lowest BCUT2D eigenvalue weighted by atomic mass is 10.1. The molecule has 0 radical (unpaired) electrons. The van der Waals surface area contributed by atoms with E-state index in [4.69, 9.17) is 9.47 Å². The lowest BCUT2D eigenvalue weighted by Gasteiger charge is -2.38. The van der Waals surface area contributed by atoms with Crippen molar-refractivity contribution in [2.24, 2.45) is 0 Å². The molecule has 23 heavy (non-hydrogen) atoms. The molecule has 1 amide bonds. The predicted octanol–water partition coefficient (Wildman–Crippen LogP) is 1.38. The average molecular weight is 332 g/mol. The highest BCUT2D eigenvalue weighted by atomic mass is 32.1. The predicted molar refractivity (Wildman–Crippen MR) is 82.4 cm³/mol. The van der Waals surface area contributed by atoms with Crippen molar-refractivity contribution in [1.29, 1.82) is 0 Å². The molecular weight excluding hydrogens is 316 g/mol. The Morgan fingerprint density at radius 2 is 2.35 bits per heavy atom. The van der Waals surface area contributed by atoms with Gasteiger partial charge in [0.25, 0.3) is 5.91 Å². The molecule has 2 aromatic rings. The third-order valence-corrected chi connectivity index (χ3v) is 4.79. The highest BCUT2D eigenvalue weighted by Gasteiger charge is 2.46. The summed E-state index contributed by atoms with van der Waals surface area (Å²) in [6, 6.07) is 5.59. The summed E-state index contributed by atoms with van der Waals surface area (Å²) in [5.41, 5.74) is 0.407. The number of carbonyl (C=O) groups is 1. The van der Waals surface area contributed by atoms with E-state index in [1.54, 1.807) is 11.6 Å². The molecule has 1 aliphatic carbocycles. The van der Waals surface area contributed by atoms with Gasteiger partial charge in [-0.2, -0.15) is 0 Å². The van der Waals surface area contributed by atoms with Gasteiger partial charge in [-0.05, 0) is 30.4 Å². The fourth-order valence-corrected chi connectivity index (χ4v) is 3.70. The number of pyridine rings is 1. The van der Waals surface area contributed by atoms with E-state index in [2.05, 4.69) is 14.6 Å². The number of carbonyl (C=O) groups excluding carboxylic acids is 1. The summed E-state index contributed by atoms with van der Waals surface area (Å²) in [6.07, 6.45) is 3.19. The number of rotatable bonds is 3. The zero-order valence-corrected chi connectivity index (χ0v) is 13.2. The van der Waals surface area contributed by atoms with Gasteiger partial charge in [0.1, 0.15) is 12.2 Å². The Kier molecular flexibility index (Phi) is 3.92. The van der Waals surface area contributed by atoms with Gasteiger partial charge in [0.2, 0.25) is 5.88 Å². The summed E-state index contributed by atoms with van der Waals surface area (Å²) in [5, 5.41) is 5.57. The summed E-state index contributed by atoms with van der Waals surface area (Å²) >= 11 is 1.19. The van der Waals surface area contributed by atoms with Gasteiger partial charge in [0.05, 0.1) is 12.6 Å². The van der Waals surface area contributed by atoms with Gasteiger partial charge in [0, 0.05) is 24.2 Å². The molecule has 3 heterocycles. The molecule has 2 aliphatic rings. The second kappa shape index (κ2) is 6.21. The molecule has 2 aromatic heterocycles. The molecule has 0 unspecified atom stereocenters. The van der Waals surface area contributed by atoms with Crippen LogP contribution >= 0.6 is 11.5 Å². The SMILES string of the molecule is O=C(c1csnn1)N1CCO[C@H]2[C@@H](Oc3ccccn3)CC[C@@H]21. The fourth-order valence-electron chi connectivity index (χ4n) is 3.27. The van der Waals surface area contributed by atoms with Crippen LogP contribution in [0.15, 0.2) is 29.8 Å². The second-order valence-corrected chi connectivity index (χ2v) is 6.20. The maximum absolute atomic E-state index is 12.6. The van der Waals surface area contributed by atoms with E-state index < -0.39 is 0 Å². The van der Waals surface area contributed by atoms with E-state index in [1.165, 1.54) is 11.5 Å². The van der Waals surface area contributed by atoms with Gasteiger partial charge in [-0.3, -0.25) is 4.79 Å². The molecule has 4 rings (SSSR count). The summed E-state index contributed by atoms with van der Waals surface area (Å²) < 4.78 is 15.6. The molecule has 0 bridgehead atoms. The molecule has 2 fully saturated rings. The molecule has 3 atom stereocenters. The summed E-state index contributed by atoms with van der Waals surface area (Å²) in [6.45, 7) is 1.08. The van der Waals surface area contributed by atoms with Crippen LogP contribution < -0.4 is 4.74 Å². The number of amides is 1. The molecule has 0 aromatic carbocycles. The largest absolute Gasteiger partial charge is 0.471 e. The van der Waals surface area contributed by atoms with E-state index in [1.807, 2.05) is 23.1 Å². The summed E-state index contributed by atoms with van der Waals surface area (Å²) in [7, 11) is 0. The van der Waals surface area contributed by atoms with Crippen LogP contribution in [0.4, 0.5) is 0 Å². The van der Waals surface area contributed by atoms with Crippen LogP contribution in [0.1, 0.15) is 23.3 Å². The van der Waals surface area contributed by atoms with Crippen molar-refractivity contribution in [3.05, 3.63) is 35.5 Å². The maximum Gasteiger partial charge on any atom is 0.275 e. The normalized spacial score (nSPS) is 26.8. The zero-order chi connectivity index (χ0) is 15.6. The monoisotopic (exact) mass is 332 g/mol. The number of nitrogens with zero attached hydrogens (tertiary/aromatic N) is 4. The topological polar surface area (TPSA) is 77.4 Å². The Bertz CT molecular complexity index is 667. The van der Waals surface area contributed by atoms with E-state index in [9.17, 15) is 4.79 Å². The fraction of sp³-hybridized carbons (Fsp3) is 0.467. The van der Waals surface area contributed by atoms with Gasteiger partial charge in [-0.15, -0.1) is 5.10 Å². The molecule has 0 N–H and O–H groups in total. The van der Waals surface area contributed by atoms with Crippen molar-refractivity contribution in [2.45, 2.75) is 31.1 Å². The second-order valence-electron chi connectivity index (χ2n) is 5.59. The zero-order valence-electron chi connectivity index (χ0n) is 12.4. The average Bonchev–Trinajstić information content (AvgIpc) is 3.25. The number of aromatic nitrogens is 3. The van der Waals surface area contributed by atoms with Crippen LogP contribution in [0.5, 0.6) is 5.88 Å². The third-order valence-electron chi connectivity index (χ3n) is 4.29. The minimum absolute atomic E-state index is 0.0201. The molecule has 0 spiro atoms. The summed E-state index contributed by atoms with van der Waals surface area (Å²) in [5.74, 6) is 0.518. The minimum Gasteiger partial charge on any atom is -0.471 e. The van der Waals surface area contributed by atoms with Crippen LogP contribution in [0.25, 0.3) is 0 Å². The van der Waals surface area contributed by atoms with Crippen LogP contribution in [-0.2, 0) is 4.74 Å². The lowest BCUT2D eigenvalue weighted by Crippen LogP contribution is -2.54. The molecule has 1 saturated carbocycles. The Morgan fingerprint density at radius 1 is 1.39 bits per heavy atom. The Morgan fingerprint density at radius 3 is 3.13 bits per heavy atom. The Hall–Kier alpha value is -2.06. The van der Waals surface area contributed by atoms with Gasteiger partial charge in [-0.1, -0.05) is 10.6 Å². The Labute approximate surface area is 137 Å². The Balaban J connectivity index is 1.49. The quantitative estimate of drug-likeness (QED) is 0.845. The highest BCUT2D eigenvalue weighted by molar-refractivity contribution is 7.03. The van der Waals surface area contributed by atoms with E-state index in [0.29, 0.717) is 24.7 Å². The maximum atomic E-state index is 12.6. The number of morpholine rings is 1. The highest BCUT2D eigenvalue weighted by Crippen LogP contribution is 2.33. The van der Waals surface area contributed by atoms with Crippen LogP contribution in [-0.4, -0.2) is 56.8 Å². The minimum atomic E-state index is -0.124. The van der Waals surface area contributed by atoms with Crippen molar-refractivity contribution < 1.29 is 14.3 Å². The number of fused-ring (bicyclic) bond motifs is 1. The van der Waals surface area contributed by atoms with Crippen molar-refractivity contribution in [3.8, 4) is 5.88 Å². The molecule has 8 heteroatoms. The molecular formula is C15H16N4O3S. The third kappa shape index (κ3) is 2.79.